The first-order valence-electron chi connectivity index (χ1n) is 11.6. The zero-order valence-corrected chi connectivity index (χ0v) is 19.5. The van der Waals surface area contributed by atoms with E-state index >= 15 is 0 Å². The predicted octanol–water partition coefficient (Wildman–Crippen LogP) is 4.26. The van der Waals surface area contributed by atoms with Crippen molar-refractivity contribution < 1.29 is 22.3 Å². The van der Waals surface area contributed by atoms with Crippen LogP contribution in [0, 0.1) is 24.6 Å². The van der Waals surface area contributed by atoms with Crippen LogP contribution in [0.3, 0.4) is 0 Å². The van der Waals surface area contributed by atoms with Crippen LogP contribution in [0.2, 0.25) is 0 Å². The molecule has 0 radical (unpaired) electrons. The van der Waals surface area contributed by atoms with Gasteiger partial charge in [-0.3, -0.25) is 9.88 Å². The van der Waals surface area contributed by atoms with E-state index in [1.165, 1.54) is 12.1 Å². The molecular weight excluding hydrogens is 459 g/mol. The summed E-state index contributed by atoms with van der Waals surface area (Å²) in [4.78, 5) is 6.73. The second kappa shape index (κ2) is 8.89. The summed E-state index contributed by atoms with van der Waals surface area (Å²) in [6.07, 6.45) is -1.64. The van der Waals surface area contributed by atoms with E-state index < -0.39 is 28.9 Å². The Bertz CT molecular complexity index is 1210. The van der Waals surface area contributed by atoms with Gasteiger partial charge in [0.2, 0.25) is 5.88 Å². The lowest BCUT2D eigenvalue weighted by molar-refractivity contribution is -0.140. The molecule has 35 heavy (non-hydrogen) atoms. The van der Waals surface area contributed by atoms with E-state index in [-0.39, 0.29) is 11.3 Å². The fraction of sp³-hybridized carbons (Fsp3) is 0.400. The van der Waals surface area contributed by atoms with Crippen molar-refractivity contribution in [2.24, 2.45) is 11.8 Å². The Hall–Kier alpha value is -3.01. The Morgan fingerprint density at radius 2 is 1.83 bits per heavy atom. The smallest absolute Gasteiger partial charge is 0.421 e. The maximum atomic E-state index is 14.0. The first kappa shape index (κ1) is 23.7. The highest BCUT2D eigenvalue weighted by atomic mass is 19.4. The molecule has 2 fully saturated rings. The van der Waals surface area contributed by atoms with Crippen molar-refractivity contribution in [3.8, 4) is 17.1 Å². The number of fused-ring (bicyclic) bond motifs is 1. The number of aromatic nitrogens is 3. The summed E-state index contributed by atoms with van der Waals surface area (Å²) in [6, 6.07) is 10.7. The van der Waals surface area contributed by atoms with Crippen molar-refractivity contribution >= 4 is 7.85 Å². The molecule has 0 amide bonds. The van der Waals surface area contributed by atoms with E-state index in [9.17, 15) is 17.6 Å². The number of aryl methyl sites for hydroxylation is 1. The average Bonchev–Trinajstić information content (AvgIpc) is 3.29. The summed E-state index contributed by atoms with van der Waals surface area (Å²) in [7, 11) is 1.85. The van der Waals surface area contributed by atoms with Crippen LogP contribution in [-0.2, 0) is 12.7 Å². The molecule has 1 aliphatic carbocycles. The number of hydrogen-bond donors (Lipinski definition) is 0. The Labute approximate surface area is 201 Å². The third kappa shape index (κ3) is 5.03. The van der Waals surface area contributed by atoms with Gasteiger partial charge in [-0.05, 0) is 67.5 Å². The van der Waals surface area contributed by atoms with E-state index in [1.54, 1.807) is 13.1 Å². The molecule has 3 heterocycles. The minimum atomic E-state index is -4.69. The third-order valence-corrected chi connectivity index (χ3v) is 7.04. The van der Waals surface area contributed by atoms with Crippen LogP contribution in [0.5, 0.6) is 5.88 Å². The standard InChI is InChI=1S/C25H25BF4N4O/c1-15-5-6-18(27)8-20(15)22-9-21(25(28,29)30)23(33-32-22)35-24(26)10-16-12-34(13-17(16)11-24)14-19-4-2-3-7-31-19/h2-9,16-17H,10-14,26H2,1H3/t16-,17+,24+. The van der Waals surface area contributed by atoms with Crippen LogP contribution in [-0.4, -0.2) is 46.5 Å². The number of hydrogen-bond acceptors (Lipinski definition) is 5. The molecule has 10 heteroatoms. The molecule has 2 aromatic heterocycles. The minimum Gasteiger partial charge on any atom is -0.479 e. The minimum absolute atomic E-state index is 0.0414. The largest absolute Gasteiger partial charge is 0.479 e. The fourth-order valence-corrected chi connectivity index (χ4v) is 5.52. The lowest BCUT2D eigenvalue weighted by Gasteiger charge is -2.29. The summed E-state index contributed by atoms with van der Waals surface area (Å²) < 4.78 is 61.6. The van der Waals surface area contributed by atoms with Crippen molar-refractivity contribution in [1.29, 1.82) is 0 Å². The van der Waals surface area contributed by atoms with Gasteiger partial charge in [-0.1, -0.05) is 12.1 Å². The van der Waals surface area contributed by atoms with Crippen LogP contribution in [0.15, 0.2) is 48.7 Å². The molecule has 2 aliphatic rings. The molecule has 0 bridgehead atoms. The summed E-state index contributed by atoms with van der Waals surface area (Å²) in [5.74, 6) is -0.410. The van der Waals surface area contributed by atoms with Gasteiger partial charge >= 0.3 is 6.18 Å². The number of benzene rings is 1. The van der Waals surface area contributed by atoms with E-state index in [4.69, 9.17) is 4.74 Å². The first-order valence-corrected chi connectivity index (χ1v) is 11.6. The lowest BCUT2D eigenvalue weighted by atomic mass is 9.78. The number of halogens is 4. The van der Waals surface area contributed by atoms with Crippen molar-refractivity contribution in [3.05, 3.63) is 71.3 Å². The topological polar surface area (TPSA) is 51.1 Å². The van der Waals surface area contributed by atoms with Crippen molar-refractivity contribution in [2.75, 3.05) is 13.1 Å². The molecule has 1 saturated heterocycles. The molecule has 1 aliphatic heterocycles. The lowest BCUT2D eigenvalue weighted by Crippen LogP contribution is -2.37. The van der Waals surface area contributed by atoms with Crippen LogP contribution in [0.25, 0.3) is 11.3 Å². The maximum absolute atomic E-state index is 14.0. The SMILES string of the molecule is B[C@@]1(Oc2nnc(-c3cc(F)ccc3C)cc2C(F)(F)F)C[C@H]2CN(Cc3ccccn3)C[C@H]2C1. The molecule has 3 atom stereocenters. The second-order valence-corrected chi connectivity index (χ2v) is 9.90. The van der Waals surface area contributed by atoms with Crippen molar-refractivity contribution in [3.63, 3.8) is 0 Å². The second-order valence-electron chi connectivity index (χ2n) is 9.90. The number of rotatable bonds is 5. The van der Waals surface area contributed by atoms with E-state index in [2.05, 4.69) is 20.1 Å². The van der Waals surface area contributed by atoms with Gasteiger partial charge in [0, 0.05) is 31.4 Å². The van der Waals surface area contributed by atoms with Crippen LogP contribution in [0.4, 0.5) is 17.6 Å². The Kier molecular flexibility index (Phi) is 6.03. The fourth-order valence-electron chi connectivity index (χ4n) is 5.52. The van der Waals surface area contributed by atoms with Gasteiger partial charge < -0.3 is 4.74 Å². The highest BCUT2D eigenvalue weighted by Crippen LogP contribution is 2.46. The van der Waals surface area contributed by atoms with Crippen LogP contribution < -0.4 is 4.74 Å². The van der Waals surface area contributed by atoms with E-state index in [0.717, 1.165) is 37.5 Å². The molecule has 5 rings (SSSR count). The zero-order valence-electron chi connectivity index (χ0n) is 19.5. The van der Waals surface area contributed by atoms with Gasteiger partial charge in [0.05, 0.1) is 16.9 Å². The van der Waals surface area contributed by atoms with Gasteiger partial charge in [-0.15, -0.1) is 10.2 Å². The monoisotopic (exact) mass is 484 g/mol. The van der Waals surface area contributed by atoms with Crippen LogP contribution >= 0.6 is 0 Å². The number of likely N-dealkylation sites (tertiary alicyclic amines) is 1. The van der Waals surface area contributed by atoms with E-state index in [0.29, 0.717) is 30.2 Å². The third-order valence-electron chi connectivity index (χ3n) is 7.04. The van der Waals surface area contributed by atoms with E-state index in [1.807, 2.05) is 26.0 Å². The van der Waals surface area contributed by atoms with Gasteiger partial charge in [-0.2, -0.15) is 13.2 Å². The Morgan fingerprint density at radius 3 is 2.49 bits per heavy atom. The summed E-state index contributed by atoms with van der Waals surface area (Å²) in [5, 5.41) is 7.80. The summed E-state index contributed by atoms with van der Waals surface area (Å²) >= 11 is 0. The normalized spacial score (nSPS) is 24.5. The number of alkyl halides is 3. The molecule has 182 valence electrons. The first-order chi connectivity index (χ1) is 16.6. The molecule has 5 nitrogen and oxygen atoms in total. The van der Waals surface area contributed by atoms with Gasteiger partial charge in [-0.25, -0.2) is 4.39 Å². The van der Waals surface area contributed by atoms with Crippen molar-refractivity contribution in [1.82, 2.24) is 20.1 Å². The van der Waals surface area contributed by atoms with Crippen LogP contribution in [0.1, 0.15) is 29.7 Å². The highest BCUT2D eigenvalue weighted by molar-refractivity contribution is 6.15. The van der Waals surface area contributed by atoms with Gasteiger partial charge in [0.1, 0.15) is 11.4 Å². The average molecular weight is 484 g/mol. The summed E-state index contributed by atoms with van der Waals surface area (Å²) in [5.41, 5.74) is 0.0707. The molecule has 1 aromatic carbocycles. The summed E-state index contributed by atoms with van der Waals surface area (Å²) in [6.45, 7) is 4.16. The molecule has 1 saturated carbocycles. The molecule has 0 N–H and O–H groups in total. The molecule has 3 aromatic rings. The van der Waals surface area contributed by atoms with Gasteiger partial charge in [0.25, 0.3) is 0 Å². The quantitative estimate of drug-likeness (QED) is 0.401. The number of ether oxygens (including phenoxy) is 1. The maximum Gasteiger partial charge on any atom is 0.421 e. The number of nitrogens with zero attached hydrogens (tertiary/aromatic N) is 4. The van der Waals surface area contributed by atoms with Crippen molar-refractivity contribution in [2.45, 2.75) is 38.0 Å². The highest BCUT2D eigenvalue weighted by Gasteiger charge is 2.49. The molecule has 0 unspecified atom stereocenters. The molecular formula is C25H25BF4N4O. The Balaban J connectivity index is 1.33. The van der Waals surface area contributed by atoms with Gasteiger partial charge in [0.15, 0.2) is 7.85 Å². The molecule has 0 spiro atoms. The Morgan fingerprint density at radius 1 is 1.09 bits per heavy atom. The predicted molar refractivity (Wildman–Crippen MR) is 125 cm³/mol. The number of pyridine rings is 1. The zero-order chi connectivity index (χ0) is 24.8.